The van der Waals surface area contributed by atoms with Crippen LogP contribution in [-0.2, 0) is 11.0 Å². The lowest BCUT2D eigenvalue weighted by molar-refractivity contribution is 0.413. The Hall–Kier alpha value is -2.31. The number of fused-ring (bicyclic) bond motifs is 3. The van der Waals surface area contributed by atoms with Crippen LogP contribution in [0, 0.1) is 18.3 Å². The molecule has 0 saturated carbocycles. The van der Waals surface area contributed by atoms with Crippen molar-refractivity contribution in [2.24, 2.45) is 0 Å². The van der Waals surface area contributed by atoms with E-state index in [1.165, 1.54) is 0 Å². The highest BCUT2D eigenvalue weighted by Crippen LogP contribution is 2.41. The van der Waals surface area contributed by atoms with Gasteiger partial charge in [0.05, 0.1) is 19.8 Å². The average Bonchev–Trinajstić information content (AvgIpc) is 2.90. The molecule has 5 nitrogen and oxygen atoms in total. The van der Waals surface area contributed by atoms with E-state index in [0.717, 1.165) is 22.3 Å². The first-order valence-electron chi connectivity index (χ1n) is 7.77. The molecule has 1 aromatic carbocycles. The molecule has 0 amide bonds. The van der Waals surface area contributed by atoms with Crippen LogP contribution in [0.2, 0.25) is 0 Å². The number of aromatic nitrogens is 2. The van der Waals surface area contributed by atoms with Crippen LogP contribution in [0.5, 0.6) is 5.75 Å². The lowest BCUT2D eigenvalue weighted by Crippen LogP contribution is -2.03. The Bertz CT molecular complexity index is 1020. The van der Waals surface area contributed by atoms with Crippen molar-refractivity contribution in [3.63, 3.8) is 0 Å². The molecule has 0 radical (unpaired) electrons. The van der Waals surface area contributed by atoms with Gasteiger partial charge >= 0.3 is 0 Å². The summed E-state index contributed by atoms with van der Waals surface area (Å²) in [7, 11) is -0.531. The quantitative estimate of drug-likeness (QED) is 0.676. The van der Waals surface area contributed by atoms with Gasteiger partial charge in [0.25, 0.3) is 0 Å². The Balaban J connectivity index is 2.39. The average molecular weight is 341 g/mol. The zero-order valence-electron chi connectivity index (χ0n) is 14.3. The molecule has 0 aliphatic carbocycles. The second-order valence-electron chi connectivity index (χ2n) is 6.41. The second-order valence-corrected chi connectivity index (χ2v) is 10.0. The predicted molar refractivity (Wildman–Crippen MR) is 96.7 cm³/mol. The SMILES string of the molecule is COc1c(CCP(C)(C)=O)c(C)c(C#N)c2nc3ccccn3c12. The largest absolute Gasteiger partial charge is 0.494 e. The molecule has 0 spiro atoms. The summed E-state index contributed by atoms with van der Waals surface area (Å²) in [4.78, 5) is 4.61. The van der Waals surface area contributed by atoms with E-state index < -0.39 is 7.14 Å². The molecular weight excluding hydrogens is 321 g/mol. The van der Waals surface area contributed by atoms with Crippen molar-refractivity contribution in [2.45, 2.75) is 13.3 Å². The molecule has 0 N–H and O–H groups in total. The summed E-state index contributed by atoms with van der Waals surface area (Å²) in [5, 5.41) is 9.66. The van der Waals surface area contributed by atoms with Crippen LogP contribution in [0.1, 0.15) is 16.7 Å². The van der Waals surface area contributed by atoms with Crippen molar-refractivity contribution >= 4 is 23.8 Å². The van der Waals surface area contributed by atoms with Gasteiger partial charge in [-0.15, -0.1) is 0 Å². The van der Waals surface area contributed by atoms with Gasteiger partial charge in [-0.1, -0.05) is 6.07 Å². The Morgan fingerprint density at radius 3 is 2.75 bits per heavy atom. The molecule has 3 aromatic rings. The lowest BCUT2D eigenvalue weighted by Gasteiger charge is -2.16. The fourth-order valence-electron chi connectivity index (χ4n) is 3.07. The van der Waals surface area contributed by atoms with Gasteiger partial charge < -0.3 is 9.30 Å². The molecule has 0 unspecified atom stereocenters. The van der Waals surface area contributed by atoms with Crippen molar-refractivity contribution in [2.75, 3.05) is 26.6 Å². The first-order chi connectivity index (χ1) is 11.4. The van der Waals surface area contributed by atoms with Gasteiger partial charge in [-0.3, -0.25) is 4.40 Å². The number of benzene rings is 1. The van der Waals surface area contributed by atoms with Crippen molar-refractivity contribution in [3.8, 4) is 11.8 Å². The lowest BCUT2D eigenvalue weighted by atomic mass is 9.98. The van der Waals surface area contributed by atoms with E-state index in [0.29, 0.717) is 29.4 Å². The molecule has 6 heteroatoms. The maximum atomic E-state index is 12.2. The van der Waals surface area contributed by atoms with Crippen LogP contribution >= 0.6 is 7.14 Å². The molecule has 3 rings (SSSR count). The van der Waals surface area contributed by atoms with Gasteiger partial charge in [0, 0.05) is 17.9 Å². The zero-order chi connectivity index (χ0) is 17.5. The summed E-state index contributed by atoms with van der Waals surface area (Å²) in [5.74, 6) is 0.716. The number of methoxy groups -OCH3 is 1. The Morgan fingerprint density at radius 2 is 2.12 bits per heavy atom. The van der Waals surface area contributed by atoms with Crippen molar-refractivity contribution in [1.29, 1.82) is 5.26 Å². The van der Waals surface area contributed by atoms with Crippen LogP contribution in [0.3, 0.4) is 0 Å². The molecule has 0 aliphatic heterocycles. The summed E-state index contributed by atoms with van der Waals surface area (Å²) < 4.78 is 19.8. The first kappa shape index (κ1) is 16.5. The number of imidazole rings is 1. The highest BCUT2D eigenvalue weighted by Gasteiger charge is 2.22. The molecular formula is C18H20N3O2P. The molecule has 0 bridgehead atoms. The summed E-state index contributed by atoms with van der Waals surface area (Å²) in [6, 6.07) is 8.03. The Kier molecular flexibility index (Phi) is 4.11. The van der Waals surface area contributed by atoms with E-state index in [2.05, 4.69) is 11.1 Å². The van der Waals surface area contributed by atoms with Crippen LogP contribution in [0.4, 0.5) is 0 Å². The van der Waals surface area contributed by atoms with Crippen molar-refractivity contribution in [3.05, 3.63) is 41.1 Å². The summed E-state index contributed by atoms with van der Waals surface area (Å²) >= 11 is 0. The van der Waals surface area contributed by atoms with Crippen LogP contribution in [-0.4, -0.2) is 36.0 Å². The molecule has 0 aliphatic rings. The van der Waals surface area contributed by atoms with Crippen molar-refractivity contribution in [1.82, 2.24) is 9.38 Å². The second kappa shape index (κ2) is 5.96. The molecule has 124 valence electrons. The summed E-state index contributed by atoms with van der Waals surface area (Å²) in [6.45, 7) is 5.48. The van der Waals surface area contributed by atoms with Crippen LogP contribution in [0.25, 0.3) is 16.7 Å². The number of pyridine rings is 1. The number of nitriles is 1. The third-order valence-corrected chi connectivity index (χ3v) is 5.60. The van der Waals surface area contributed by atoms with E-state index in [9.17, 15) is 9.83 Å². The number of rotatable bonds is 4. The Labute approximate surface area is 141 Å². The van der Waals surface area contributed by atoms with Crippen LogP contribution in [0.15, 0.2) is 24.4 Å². The number of hydrogen-bond donors (Lipinski definition) is 0. The molecule has 2 aromatic heterocycles. The smallest absolute Gasteiger partial charge is 0.148 e. The van der Waals surface area contributed by atoms with Gasteiger partial charge in [-0.25, -0.2) is 4.98 Å². The third kappa shape index (κ3) is 2.68. The Morgan fingerprint density at radius 1 is 1.38 bits per heavy atom. The minimum absolute atomic E-state index is 0.562. The van der Waals surface area contributed by atoms with Gasteiger partial charge in [0.2, 0.25) is 0 Å². The van der Waals surface area contributed by atoms with Gasteiger partial charge in [0.15, 0.2) is 0 Å². The van der Waals surface area contributed by atoms with E-state index in [-0.39, 0.29) is 0 Å². The summed E-state index contributed by atoms with van der Waals surface area (Å²) in [5.41, 5.74) is 4.59. The van der Waals surface area contributed by atoms with Gasteiger partial charge in [-0.2, -0.15) is 5.26 Å². The van der Waals surface area contributed by atoms with E-state index in [4.69, 9.17) is 4.74 Å². The van der Waals surface area contributed by atoms with Gasteiger partial charge in [0.1, 0.15) is 28.5 Å². The topological polar surface area (TPSA) is 67.4 Å². The first-order valence-corrected chi connectivity index (χ1v) is 10.6. The van der Waals surface area contributed by atoms with Crippen LogP contribution < -0.4 is 4.74 Å². The summed E-state index contributed by atoms with van der Waals surface area (Å²) in [6.07, 6.45) is 3.11. The van der Waals surface area contributed by atoms with Crippen molar-refractivity contribution < 1.29 is 9.30 Å². The number of ether oxygens (including phenoxy) is 1. The molecule has 0 saturated heterocycles. The minimum Gasteiger partial charge on any atom is -0.494 e. The van der Waals surface area contributed by atoms with E-state index >= 15 is 0 Å². The maximum Gasteiger partial charge on any atom is 0.148 e. The molecule has 0 fully saturated rings. The third-order valence-electron chi connectivity index (χ3n) is 4.30. The number of hydrogen-bond acceptors (Lipinski definition) is 4. The van der Waals surface area contributed by atoms with E-state index in [1.807, 2.05) is 35.7 Å². The normalized spacial score (nSPS) is 11.8. The molecule has 24 heavy (non-hydrogen) atoms. The maximum absolute atomic E-state index is 12.2. The molecule has 2 heterocycles. The zero-order valence-corrected chi connectivity index (χ0v) is 15.2. The predicted octanol–water partition coefficient (Wildman–Crippen LogP) is 3.84. The van der Waals surface area contributed by atoms with Gasteiger partial charge in [-0.05, 0) is 44.4 Å². The minimum atomic E-state index is -2.16. The number of nitrogens with zero attached hydrogens (tertiary/aromatic N) is 3. The standard InChI is InChI=1S/C18H20N3O2P/c1-12-13(8-10-24(3,4)22)18(23-2)17-16(14(12)11-19)20-15-7-5-6-9-21(15)17/h5-7,9H,8,10H2,1-4H3. The highest BCUT2D eigenvalue weighted by atomic mass is 31.2. The van der Waals surface area contributed by atoms with E-state index in [1.54, 1.807) is 20.4 Å². The fourth-order valence-corrected chi connectivity index (χ4v) is 3.83. The highest BCUT2D eigenvalue weighted by molar-refractivity contribution is 7.62. The monoisotopic (exact) mass is 341 g/mol. The fraction of sp³-hybridized carbons (Fsp3) is 0.333. The molecule has 0 atom stereocenters.